The van der Waals surface area contributed by atoms with E-state index in [9.17, 15) is 9.59 Å². The van der Waals surface area contributed by atoms with Gasteiger partial charge in [0.15, 0.2) is 0 Å². The van der Waals surface area contributed by atoms with Crippen LogP contribution in [0.5, 0.6) is 0 Å². The fraction of sp³-hybridized carbons (Fsp3) is 0.667. The zero-order chi connectivity index (χ0) is 16.2. The van der Waals surface area contributed by atoms with Crippen molar-refractivity contribution in [2.45, 2.75) is 51.5 Å². The van der Waals surface area contributed by atoms with Crippen molar-refractivity contribution in [3.63, 3.8) is 0 Å². The monoisotopic (exact) mass is 334 g/mol. The maximum absolute atomic E-state index is 12.9. The highest BCUT2D eigenvalue weighted by Crippen LogP contribution is 2.27. The Morgan fingerprint density at radius 2 is 1.96 bits per heavy atom. The molecule has 0 unspecified atom stereocenters. The first-order valence-corrected chi connectivity index (χ1v) is 9.72. The van der Waals surface area contributed by atoms with E-state index < -0.39 is 0 Å². The van der Waals surface area contributed by atoms with Gasteiger partial charge in [-0.3, -0.25) is 9.59 Å². The molecule has 23 heavy (non-hydrogen) atoms. The summed E-state index contributed by atoms with van der Waals surface area (Å²) in [6, 6.07) is 4.22. The van der Waals surface area contributed by atoms with E-state index in [1.165, 1.54) is 17.8 Å². The summed E-state index contributed by atoms with van der Waals surface area (Å²) < 4.78 is 0. The first-order chi connectivity index (χ1) is 11.2. The Kier molecular flexibility index (Phi) is 5.36. The highest BCUT2D eigenvalue weighted by Gasteiger charge is 2.33. The number of carbonyl (C=O) groups excluding carboxylic acids is 2. The van der Waals surface area contributed by atoms with Crippen molar-refractivity contribution in [3.8, 4) is 0 Å². The molecular formula is C18H26N2O2S. The van der Waals surface area contributed by atoms with E-state index in [1.54, 1.807) is 0 Å². The van der Waals surface area contributed by atoms with E-state index in [1.807, 2.05) is 22.4 Å². The Balaban J connectivity index is 1.56. The molecule has 3 rings (SSSR count). The van der Waals surface area contributed by atoms with E-state index >= 15 is 0 Å². The SMILES string of the molecule is CC[C@H]1CCCCN1C(=O)C1CCN(C(=O)c2cccs2)CC1. The minimum Gasteiger partial charge on any atom is -0.339 e. The summed E-state index contributed by atoms with van der Waals surface area (Å²) in [7, 11) is 0. The van der Waals surface area contributed by atoms with Gasteiger partial charge in [0.25, 0.3) is 5.91 Å². The Morgan fingerprint density at radius 3 is 2.61 bits per heavy atom. The molecule has 2 aliphatic rings. The van der Waals surface area contributed by atoms with Crippen LogP contribution in [0.25, 0.3) is 0 Å². The van der Waals surface area contributed by atoms with Gasteiger partial charge in [-0.05, 0) is 50.0 Å². The molecule has 1 aromatic heterocycles. The number of thiophene rings is 1. The van der Waals surface area contributed by atoms with E-state index in [0.717, 1.165) is 43.5 Å². The second kappa shape index (κ2) is 7.47. The number of carbonyl (C=O) groups is 2. The van der Waals surface area contributed by atoms with Gasteiger partial charge in [-0.15, -0.1) is 11.3 Å². The van der Waals surface area contributed by atoms with Gasteiger partial charge in [0.05, 0.1) is 4.88 Å². The maximum Gasteiger partial charge on any atom is 0.263 e. The second-order valence-electron chi connectivity index (χ2n) is 6.63. The molecule has 0 bridgehead atoms. The lowest BCUT2D eigenvalue weighted by Crippen LogP contribution is -2.49. The number of hydrogen-bond donors (Lipinski definition) is 0. The number of amides is 2. The van der Waals surface area contributed by atoms with Crippen LogP contribution in [0.3, 0.4) is 0 Å². The van der Waals surface area contributed by atoms with E-state index in [-0.39, 0.29) is 11.8 Å². The summed E-state index contributed by atoms with van der Waals surface area (Å²) >= 11 is 1.49. The number of rotatable bonds is 3. The lowest BCUT2D eigenvalue weighted by molar-refractivity contribution is -0.140. The van der Waals surface area contributed by atoms with Crippen molar-refractivity contribution >= 4 is 23.2 Å². The molecule has 0 aromatic carbocycles. The van der Waals surface area contributed by atoms with Crippen LogP contribution in [0.2, 0.25) is 0 Å². The number of piperidine rings is 2. The van der Waals surface area contributed by atoms with Crippen molar-refractivity contribution in [3.05, 3.63) is 22.4 Å². The Labute approximate surface area is 142 Å². The van der Waals surface area contributed by atoms with Crippen LogP contribution in [0, 0.1) is 5.92 Å². The summed E-state index contributed by atoms with van der Waals surface area (Å²) in [6.07, 6.45) is 6.21. The predicted octanol–water partition coefficient (Wildman–Crippen LogP) is 3.39. The molecule has 5 heteroatoms. The molecular weight excluding hydrogens is 308 g/mol. The second-order valence-corrected chi connectivity index (χ2v) is 7.58. The van der Waals surface area contributed by atoms with Crippen molar-refractivity contribution in [1.82, 2.24) is 9.80 Å². The first kappa shape index (κ1) is 16.5. The molecule has 2 amide bonds. The third kappa shape index (κ3) is 3.60. The topological polar surface area (TPSA) is 40.6 Å². The highest BCUT2D eigenvalue weighted by atomic mass is 32.1. The van der Waals surface area contributed by atoms with E-state index in [0.29, 0.717) is 25.0 Å². The fourth-order valence-electron chi connectivity index (χ4n) is 3.84. The summed E-state index contributed by atoms with van der Waals surface area (Å²) in [5.74, 6) is 0.560. The predicted molar refractivity (Wildman–Crippen MR) is 92.6 cm³/mol. The third-order valence-corrected chi connectivity index (χ3v) is 6.10. The molecule has 0 N–H and O–H groups in total. The average Bonchev–Trinajstić information content (AvgIpc) is 3.15. The van der Waals surface area contributed by atoms with Gasteiger partial charge in [-0.2, -0.15) is 0 Å². The van der Waals surface area contributed by atoms with E-state index in [4.69, 9.17) is 0 Å². The number of nitrogens with zero attached hydrogens (tertiary/aromatic N) is 2. The van der Waals surface area contributed by atoms with Crippen LogP contribution in [-0.4, -0.2) is 47.3 Å². The fourth-order valence-corrected chi connectivity index (χ4v) is 4.53. The summed E-state index contributed by atoms with van der Waals surface area (Å²) in [5, 5.41) is 1.94. The Bertz CT molecular complexity index is 535. The summed E-state index contributed by atoms with van der Waals surface area (Å²) in [6.45, 7) is 4.51. The molecule has 2 saturated heterocycles. The van der Waals surface area contributed by atoms with Gasteiger partial charge >= 0.3 is 0 Å². The summed E-state index contributed by atoms with van der Waals surface area (Å²) in [5.41, 5.74) is 0. The van der Waals surface area contributed by atoms with Crippen LogP contribution in [0.1, 0.15) is 55.1 Å². The van der Waals surface area contributed by atoms with Gasteiger partial charge in [-0.1, -0.05) is 13.0 Å². The molecule has 2 aliphatic heterocycles. The molecule has 1 aromatic rings. The quantitative estimate of drug-likeness (QED) is 0.850. The normalized spacial score (nSPS) is 23.1. The molecule has 126 valence electrons. The Hall–Kier alpha value is -1.36. The third-order valence-electron chi connectivity index (χ3n) is 5.24. The zero-order valence-corrected chi connectivity index (χ0v) is 14.7. The van der Waals surface area contributed by atoms with Gasteiger partial charge < -0.3 is 9.80 Å². The standard InChI is InChI=1S/C18H26N2O2S/c1-2-15-6-3-4-10-20(15)17(21)14-8-11-19(12-9-14)18(22)16-7-5-13-23-16/h5,7,13-15H,2-4,6,8-12H2,1H3/t15-/m0/s1. The molecule has 0 spiro atoms. The zero-order valence-electron chi connectivity index (χ0n) is 13.9. The van der Waals surface area contributed by atoms with Crippen molar-refractivity contribution in [1.29, 1.82) is 0 Å². The van der Waals surface area contributed by atoms with E-state index in [2.05, 4.69) is 11.8 Å². The molecule has 0 aliphatic carbocycles. The van der Waals surface area contributed by atoms with Gasteiger partial charge in [0, 0.05) is 31.6 Å². The van der Waals surface area contributed by atoms with Crippen molar-refractivity contribution < 1.29 is 9.59 Å². The minimum atomic E-state index is 0.106. The number of hydrogen-bond acceptors (Lipinski definition) is 3. The van der Waals surface area contributed by atoms with Crippen LogP contribution < -0.4 is 0 Å². The lowest BCUT2D eigenvalue weighted by Gasteiger charge is -2.39. The molecule has 0 saturated carbocycles. The van der Waals surface area contributed by atoms with Crippen LogP contribution in [0.15, 0.2) is 17.5 Å². The molecule has 2 fully saturated rings. The Morgan fingerprint density at radius 1 is 1.17 bits per heavy atom. The molecule has 0 radical (unpaired) electrons. The van der Waals surface area contributed by atoms with Crippen molar-refractivity contribution in [2.75, 3.05) is 19.6 Å². The van der Waals surface area contributed by atoms with Crippen LogP contribution >= 0.6 is 11.3 Å². The highest BCUT2D eigenvalue weighted by molar-refractivity contribution is 7.12. The van der Waals surface area contributed by atoms with Crippen LogP contribution in [0.4, 0.5) is 0 Å². The lowest BCUT2D eigenvalue weighted by atomic mass is 9.92. The van der Waals surface area contributed by atoms with Crippen LogP contribution in [-0.2, 0) is 4.79 Å². The average molecular weight is 334 g/mol. The largest absolute Gasteiger partial charge is 0.339 e. The molecule has 4 nitrogen and oxygen atoms in total. The first-order valence-electron chi connectivity index (χ1n) is 8.84. The summed E-state index contributed by atoms with van der Waals surface area (Å²) in [4.78, 5) is 30.1. The number of likely N-dealkylation sites (tertiary alicyclic amines) is 2. The van der Waals surface area contributed by atoms with Gasteiger partial charge in [0.2, 0.25) is 5.91 Å². The molecule has 1 atom stereocenters. The smallest absolute Gasteiger partial charge is 0.263 e. The maximum atomic E-state index is 12.9. The van der Waals surface area contributed by atoms with Gasteiger partial charge in [0.1, 0.15) is 0 Å². The van der Waals surface area contributed by atoms with Gasteiger partial charge in [-0.25, -0.2) is 0 Å². The molecule has 3 heterocycles. The minimum absolute atomic E-state index is 0.106. The van der Waals surface area contributed by atoms with Crippen molar-refractivity contribution in [2.24, 2.45) is 5.92 Å².